The molecule has 0 saturated heterocycles. The summed E-state index contributed by atoms with van der Waals surface area (Å²) in [5.41, 5.74) is 2.12. The van der Waals surface area contributed by atoms with Crippen LogP contribution in [0.25, 0.3) is 16.9 Å². The smallest absolute Gasteiger partial charge is 0.153 e. The first kappa shape index (κ1) is 13.9. The van der Waals surface area contributed by atoms with E-state index in [9.17, 15) is 9.18 Å². The van der Waals surface area contributed by atoms with Crippen LogP contribution >= 0.6 is 22.6 Å². The molecule has 0 aliphatic rings. The lowest BCUT2D eigenvalue weighted by atomic mass is 10.1. The zero-order valence-electron chi connectivity index (χ0n) is 10.8. The first-order valence-corrected chi connectivity index (χ1v) is 7.32. The minimum absolute atomic E-state index is 0.317. The summed E-state index contributed by atoms with van der Waals surface area (Å²) in [7, 11) is 0. The van der Waals surface area contributed by atoms with Gasteiger partial charge in [-0.15, -0.1) is 0 Å². The van der Waals surface area contributed by atoms with Crippen LogP contribution in [0.1, 0.15) is 10.4 Å². The number of aromatic nitrogens is 2. The standard InChI is InChI=1S/C16H10FIN2O/c17-14-3-1-2-4-15(14)20-9-12(10-21)16(19-20)11-5-7-13(18)8-6-11/h1-10H. The highest BCUT2D eigenvalue weighted by molar-refractivity contribution is 14.1. The van der Waals surface area contributed by atoms with Gasteiger partial charge in [-0.2, -0.15) is 5.10 Å². The van der Waals surface area contributed by atoms with Gasteiger partial charge in [0.25, 0.3) is 0 Å². The van der Waals surface area contributed by atoms with Gasteiger partial charge in [0.15, 0.2) is 6.29 Å². The van der Waals surface area contributed by atoms with Crippen molar-refractivity contribution in [3.63, 3.8) is 0 Å². The summed E-state index contributed by atoms with van der Waals surface area (Å²) in [5, 5.41) is 4.35. The minimum atomic E-state index is -0.383. The van der Waals surface area contributed by atoms with E-state index in [0.29, 0.717) is 16.9 Å². The maximum Gasteiger partial charge on any atom is 0.153 e. The van der Waals surface area contributed by atoms with Gasteiger partial charge in [0.1, 0.15) is 17.2 Å². The molecule has 0 aliphatic heterocycles. The molecule has 0 amide bonds. The van der Waals surface area contributed by atoms with Gasteiger partial charge in [-0.05, 0) is 46.9 Å². The predicted octanol–water partition coefficient (Wildman–Crippen LogP) is 4.10. The first-order valence-electron chi connectivity index (χ1n) is 6.25. The second kappa shape index (κ2) is 5.77. The molecule has 0 unspecified atom stereocenters. The number of para-hydroxylation sites is 1. The van der Waals surface area contributed by atoms with Gasteiger partial charge in [0, 0.05) is 15.3 Å². The van der Waals surface area contributed by atoms with E-state index in [1.165, 1.54) is 10.7 Å². The van der Waals surface area contributed by atoms with E-state index < -0.39 is 0 Å². The zero-order valence-corrected chi connectivity index (χ0v) is 13.0. The molecule has 0 fully saturated rings. The highest BCUT2D eigenvalue weighted by Gasteiger charge is 2.13. The number of hydrogen-bond acceptors (Lipinski definition) is 2. The lowest BCUT2D eigenvalue weighted by molar-refractivity contribution is 0.112. The Morgan fingerprint density at radius 2 is 1.81 bits per heavy atom. The molecule has 2 aromatic carbocycles. The largest absolute Gasteiger partial charge is 0.298 e. The van der Waals surface area contributed by atoms with Crippen molar-refractivity contribution in [3.05, 3.63) is 69.7 Å². The second-order valence-electron chi connectivity index (χ2n) is 4.45. The third-order valence-corrected chi connectivity index (χ3v) is 3.81. The van der Waals surface area contributed by atoms with Crippen LogP contribution in [0.3, 0.4) is 0 Å². The molecule has 3 rings (SSSR count). The Morgan fingerprint density at radius 1 is 1.10 bits per heavy atom. The normalized spacial score (nSPS) is 10.6. The van der Waals surface area contributed by atoms with Crippen LogP contribution in [0.4, 0.5) is 4.39 Å². The molecule has 3 nitrogen and oxygen atoms in total. The third-order valence-electron chi connectivity index (χ3n) is 3.09. The van der Waals surface area contributed by atoms with Crippen molar-refractivity contribution in [2.24, 2.45) is 0 Å². The summed E-state index contributed by atoms with van der Waals surface area (Å²) in [6.07, 6.45) is 2.27. The molecule has 0 atom stereocenters. The van der Waals surface area contributed by atoms with E-state index in [1.54, 1.807) is 24.4 Å². The summed E-state index contributed by atoms with van der Waals surface area (Å²) in [4.78, 5) is 11.2. The number of halogens is 2. The highest BCUT2D eigenvalue weighted by atomic mass is 127. The molecule has 0 radical (unpaired) electrons. The van der Waals surface area contributed by atoms with Crippen LogP contribution in [-0.2, 0) is 0 Å². The van der Waals surface area contributed by atoms with Crippen molar-refractivity contribution in [3.8, 4) is 16.9 Å². The molecule has 5 heteroatoms. The molecule has 1 aromatic heterocycles. The number of rotatable bonds is 3. The Labute approximate surface area is 134 Å². The second-order valence-corrected chi connectivity index (χ2v) is 5.70. The molecule has 0 N–H and O–H groups in total. The van der Waals surface area contributed by atoms with Crippen LogP contribution in [0.5, 0.6) is 0 Å². The van der Waals surface area contributed by atoms with Crippen LogP contribution in [0.2, 0.25) is 0 Å². The SMILES string of the molecule is O=Cc1cn(-c2ccccc2F)nc1-c1ccc(I)cc1. The summed E-state index contributed by atoms with van der Waals surface area (Å²) >= 11 is 2.21. The lowest BCUT2D eigenvalue weighted by Crippen LogP contribution is -1.98. The molecule has 1 heterocycles. The molecule has 3 aromatic rings. The van der Waals surface area contributed by atoms with Crippen molar-refractivity contribution in [2.75, 3.05) is 0 Å². The first-order chi connectivity index (χ1) is 10.2. The molecule has 0 spiro atoms. The maximum atomic E-state index is 13.8. The molecular formula is C16H10FIN2O. The van der Waals surface area contributed by atoms with Crippen LogP contribution in [0, 0.1) is 9.39 Å². The van der Waals surface area contributed by atoms with Crippen molar-refractivity contribution < 1.29 is 9.18 Å². The van der Waals surface area contributed by atoms with Gasteiger partial charge < -0.3 is 0 Å². The number of carbonyl (C=O) groups is 1. The molecular weight excluding hydrogens is 382 g/mol. The monoisotopic (exact) mass is 392 g/mol. The fraction of sp³-hybridized carbons (Fsp3) is 0. The Kier molecular flexibility index (Phi) is 3.83. The number of aldehydes is 1. The van der Waals surface area contributed by atoms with Crippen LogP contribution in [-0.4, -0.2) is 16.1 Å². The van der Waals surface area contributed by atoms with Gasteiger partial charge in [0.2, 0.25) is 0 Å². The molecule has 0 aliphatic carbocycles. The highest BCUT2D eigenvalue weighted by Crippen LogP contribution is 2.24. The Morgan fingerprint density at radius 3 is 2.48 bits per heavy atom. The fourth-order valence-corrected chi connectivity index (χ4v) is 2.43. The third kappa shape index (κ3) is 2.73. The van der Waals surface area contributed by atoms with Crippen LogP contribution in [0.15, 0.2) is 54.7 Å². The van der Waals surface area contributed by atoms with Gasteiger partial charge in [-0.3, -0.25) is 4.79 Å². The Hall–Kier alpha value is -2.02. The van der Waals surface area contributed by atoms with Crippen molar-refractivity contribution in [1.82, 2.24) is 9.78 Å². The predicted molar refractivity (Wildman–Crippen MR) is 87.1 cm³/mol. The summed E-state index contributed by atoms with van der Waals surface area (Å²) in [6, 6.07) is 14.0. The number of benzene rings is 2. The van der Waals surface area contributed by atoms with E-state index >= 15 is 0 Å². The molecule has 0 bridgehead atoms. The summed E-state index contributed by atoms with van der Waals surface area (Å²) < 4.78 is 16.3. The minimum Gasteiger partial charge on any atom is -0.298 e. The number of hydrogen-bond donors (Lipinski definition) is 0. The van der Waals surface area contributed by atoms with Crippen molar-refractivity contribution in [2.45, 2.75) is 0 Å². The van der Waals surface area contributed by atoms with Crippen molar-refractivity contribution >= 4 is 28.9 Å². The quantitative estimate of drug-likeness (QED) is 0.497. The molecule has 104 valence electrons. The van der Waals surface area contributed by atoms with Gasteiger partial charge in [-0.1, -0.05) is 24.3 Å². The van der Waals surface area contributed by atoms with Gasteiger partial charge in [0.05, 0.1) is 5.56 Å². The number of carbonyl (C=O) groups excluding carboxylic acids is 1. The van der Waals surface area contributed by atoms with Crippen molar-refractivity contribution in [1.29, 1.82) is 0 Å². The Balaban J connectivity index is 2.13. The summed E-state index contributed by atoms with van der Waals surface area (Å²) in [6.45, 7) is 0. The topological polar surface area (TPSA) is 34.9 Å². The van der Waals surface area contributed by atoms with E-state index in [0.717, 1.165) is 15.4 Å². The van der Waals surface area contributed by atoms with Gasteiger partial charge >= 0.3 is 0 Å². The molecule has 21 heavy (non-hydrogen) atoms. The Bertz CT molecular complexity index is 796. The summed E-state index contributed by atoms with van der Waals surface area (Å²) in [5.74, 6) is -0.383. The maximum absolute atomic E-state index is 13.8. The lowest BCUT2D eigenvalue weighted by Gasteiger charge is -2.02. The zero-order chi connectivity index (χ0) is 14.8. The average molecular weight is 392 g/mol. The number of nitrogens with zero attached hydrogens (tertiary/aromatic N) is 2. The van der Waals surface area contributed by atoms with E-state index in [-0.39, 0.29) is 5.82 Å². The van der Waals surface area contributed by atoms with Crippen LogP contribution < -0.4 is 0 Å². The average Bonchev–Trinajstić information content (AvgIpc) is 2.92. The van der Waals surface area contributed by atoms with E-state index in [1.807, 2.05) is 24.3 Å². The molecule has 0 saturated carbocycles. The van der Waals surface area contributed by atoms with Gasteiger partial charge in [-0.25, -0.2) is 9.07 Å². The fourth-order valence-electron chi connectivity index (χ4n) is 2.07. The van der Waals surface area contributed by atoms with E-state index in [2.05, 4.69) is 27.7 Å². The van der Waals surface area contributed by atoms with E-state index in [4.69, 9.17) is 0 Å².